The van der Waals surface area contributed by atoms with Crippen molar-refractivity contribution < 1.29 is 13.6 Å². The molecule has 2 aromatic heterocycles. The minimum Gasteiger partial charge on any atom is -0.440 e. The second-order valence-corrected chi connectivity index (χ2v) is 6.32. The number of benzene rings is 1. The van der Waals surface area contributed by atoms with Crippen molar-refractivity contribution in [3.8, 4) is 10.8 Å². The molecule has 0 fully saturated rings. The van der Waals surface area contributed by atoms with E-state index in [-0.39, 0.29) is 18.1 Å². The molecule has 0 saturated carbocycles. The summed E-state index contributed by atoms with van der Waals surface area (Å²) in [5.74, 6) is 0.777. The molecule has 0 aliphatic carbocycles. The SMILES string of the molecule is Cc1oc(-c2cccs2)nc1CC(=O)NCCc1ccccc1F. The van der Waals surface area contributed by atoms with Crippen molar-refractivity contribution in [2.24, 2.45) is 0 Å². The van der Waals surface area contributed by atoms with E-state index in [4.69, 9.17) is 4.42 Å². The van der Waals surface area contributed by atoms with Crippen LogP contribution in [0.4, 0.5) is 4.39 Å². The highest BCUT2D eigenvalue weighted by atomic mass is 32.1. The van der Waals surface area contributed by atoms with Crippen molar-refractivity contribution in [2.45, 2.75) is 19.8 Å². The Labute approximate surface area is 143 Å². The summed E-state index contributed by atoms with van der Waals surface area (Å²) in [6, 6.07) is 10.4. The molecule has 3 aromatic rings. The summed E-state index contributed by atoms with van der Waals surface area (Å²) < 4.78 is 19.1. The van der Waals surface area contributed by atoms with Crippen LogP contribution in [0.3, 0.4) is 0 Å². The Morgan fingerprint density at radius 1 is 1.29 bits per heavy atom. The summed E-state index contributed by atoms with van der Waals surface area (Å²) in [5, 5.41) is 4.74. The fraction of sp³-hybridized carbons (Fsp3) is 0.222. The number of aromatic nitrogens is 1. The molecule has 0 spiro atoms. The third-order valence-corrected chi connectivity index (χ3v) is 4.48. The highest BCUT2D eigenvalue weighted by molar-refractivity contribution is 7.13. The van der Waals surface area contributed by atoms with Gasteiger partial charge in [0.15, 0.2) is 0 Å². The molecule has 24 heavy (non-hydrogen) atoms. The van der Waals surface area contributed by atoms with Crippen molar-refractivity contribution in [1.82, 2.24) is 10.3 Å². The molecule has 1 amide bonds. The number of hydrogen-bond donors (Lipinski definition) is 1. The van der Waals surface area contributed by atoms with Gasteiger partial charge in [-0.2, -0.15) is 0 Å². The molecule has 0 aliphatic rings. The molecule has 2 heterocycles. The average Bonchev–Trinajstić information content (AvgIpc) is 3.20. The molecule has 6 heteroatoms. The molecule has 0 unspecified atom stereocenters. The van der Waals surface area contributed by atoms with Gasteiger partial charge in [-0.05, 0) is 36.4 Å². The summed E-state index contributed by atoms with van der Waals surface area (Å²) in [6.45, 7) is 2.18. The third kappa shape index (κ3) is 3.89. The van der Waals surface area contributed by atoms with Crippen LogP contribution >= 0.6 is 11.3 Å². The average molecular weight is 344 g/mol. The first kappa shape index (κ1) is 16.4. The lowest BCUT2D eigenvalue weighted by Crippen LogP contribution is -2.27. The molecule has 124 valence electrons. The number of rotatable bonds is 6. The number of carbonyl (C=O) groups excluding carboxylic acids is 1. The monoisotopic (exact) mass is 344 g/mol. The second kappa shape index (κ2) is 7.40. The largest absolute Gasteiger partial charge is 0.440 e. The quantitative estimate of drug-likeness (QED) is 0.741. The lowest BCUT2D eigenvalue weighted by molar-refractivity contribution is -0.120. The van der Waals surface area contributed by atoms with Crippen molar-refractivity contribution >= 4 is 17.2 Å². The van der Waals surface area contributed by atoms with Crippen molar-refractivity contribution in [3.63, 3.8) is 0 Å². The van der Waals surface area contributed by atoms with Crippen LogP contribution in [0.1, 0.15) is 17.0 Å². The van der Waals surface area contributed by atoms with Gasteiger partial charge in [-0.1, -0.05) is 24.3 Å². The van der Waals surface area contributed by atoms with Crippen molar-refractivity contribution in [3.05, 3.63) is 64.6 Å². The highest BCUT2D eigenvalue weighted by Crippen LogP contribution is 2.26. The van der Waals surface area contributed by atoms with Crippen LogP contribution in [0.25, 0.3) is 10.8 Å². The lowest BCUT2D eigenvalue weighted by Gasteiger charge is -2.05. The van der Waals surface area contributed by atoms with E-state index in [9.17, 15) is 9.18 Å². The Balaban J connectivity index is 1.55. The van der Waals surface area contributed by atoms with Crippen LogP contribution in [0.2, 0.25) is 0 Å². The van der Waals surface area contributed by atoms with Crippen LogP contribution in [-0.2, 0) is 17.6 Å². The number of nitrogens with zero attached hydrogens (tertiary/aromatic N) is 1. The molecule has 1 N–H and O–H groups in total. The Kier molecular flexibility index (Phi) is 5.05. The summed E-state index contributed by atoms with van der Waals surface area (Å²) in [6.07, 6.45) is 0.606. The van der Waals surface area contributed by atoms with E-state index in [1.807, 2.05) is 17.5 Å². The van der Waals surface area contributed by atoms with Gasteiger partial charge >= 0.3 is 0 Å². The number of hydrogen-bond acceptors (Lipinski definition) is 4. The van der Waals surface area contributed by atoms with Crippen LogP contribution < -0.4 is 5.32 Å². The van der Waals surface area contributed by atoms with Crippen LogP contribution in [0, 0.1) is 12.7 Å². The molecule has 0 saturated heterocycles. The van der Waals surface area contributed by atoms with E-state index in [1.54, 1.807) is 25.1 Å². The van der Waals surface area contributed by atoms with Gasteiger partial charge in [0.1, 0.15) is 11.6 Å². The van der Waals surface area contributed by atoms with Crippen LogP contribution in [0.15, 0.2) is 46.2 Å². The molecule has 0 bridgehead atoms. The molecular weight excluding hydrogens is 327 g/mol. The predicted octanol–water partition coefficient (Wildman–Crippen LogP) is 3.75. The highest BCUT2D eigenvalue weighted by Gasteiger charge is 2.15. The number of amides is 1. The van der Waals surface area contributed by atoms with E-state index >= 15 is 0 Å². The summed E-state index contributed by atoms with van der Waals surface area (Å²) >= 11 is 1.54. The van der Waals surface area contributed by atoms with Crippen LogP contribution in [0.5, 0.6) is 0 Å². The normalized spacial score (nSPS) is 10.8. The Hall–Kier alpha value is -2.47. The van der Waals surface area contributed by atoms with Gasteiger partial charge in [-0.15, -0.1) is 11.3 Å². The van der Waals surface area contributed by atoms with Gasteiger partial charge in [0.25, 0.3) is 0 Å². The smallest absolute Gasteiger partial charge is 0.236 e. The summed E-state index contributed by atoms with van der Waals surface area (Å²) in [7, 11) is 0. The molecule has 1 aromatic carbocycles. The van der Waals surface area contributed by atoms with Gasteiger partial charge < -0.3 is 9.73 Å². The number of aryl methyl sites for hydroxylation is 1. The first-order valence-corrected chi connectivity index (χ1v) is 8.51. The van der Waals surface area contributed by atoms with Crippen molar-refractivity contribution in [1.29, 1.82) is 0 Å². The Morgan fingerprint density at radius 3 is 2.88 bits per heavy atom. The fourth-order valence-electron chi connectivity index (χ4n) is 2.35. The maximum Gasteiger partial charge on any atom is 0.236 e. The molecule has 0 atom stereocenters. The number of carbonyl (C=O) groups is 1. The zero-order valence-corrected chi connectivity index (χ0v) is 14.0. The van der Waals surface area contributed by atoms with Crippen LogP contribution in [-0.4, -0.2) is 17.4 Å². The molecule has 4 nitrogen and oxygen atoms in total. The zero-order valence-electron chi connectivity index (χ0n) is 13.2. The van der Waals surface area contributed by atoms with Crippen molar-refractivity contribution in [2.75, 3.05) is 6.54 Å². The van der Waals surface area contributed by atoms with Gasteiger partial charge in [-0.25, -0.2) is 9.37 Å². The predicted molar refractivity (Wildman–Crippen MR) is 91.4 cm³/mol. The number of halogens is 1. The first-order valence-electron chi connectivity index (χ1n) is 7.64. The first-order chi connectivity index (χ1) is 11.6. The van der Waals surface area contributed by atoms with Gasteiger partial charge in [0, 0.05) is 6.54 Å². The summed E-state index contributed by atoms with van der Waals surface area (Å²) in [4.78, 5) is 17.4. The van der Waals surface area contributed by atoms with Gasteiger partial charge in [-0.3, -0.25) is 4.79 Å². The number of thiophene rings is 1. The van der Waals surface area contributed by atoms with E-state index in [2.05, 4.69) is 10.3 Å². The van der Waals surface area contributed by atoms with Gasteiger partial charge in [0.2, 0.25) is 11.8 Å². The Morgan fingerprint density at radius 2 is 2.12 bits per heavy atom. The summed E-state index contributed by atoms with van der Waals surface area (Å²) in [5.41, 5.74) is 1.22. The topological polar surface area (TPSA) is 55.1 Å². The zero-order chi connectivity index (χ0) is 16.9. The van der Waals surface area contributed by atoms with E-state index < -0.39 is 0 Å². The standard InChI is InChI=1S/C18H17FN2O2S/c1-12-15(21-18(23-12)16-7-4-10-24-16)11-17(22)20-9-8-13-5-2-3-6-14(13)19/h2-7,10H,8-9,11H2,1H3,(H,20,22). The molecule has 0 aliphatic heterocycles. The van der Waals surface area contributed by atoms with E-state index in [0.29, 0.717) is 35.9 Å². The molecular formula is C18H17FN2O2S. The maximum atomic E-state index is 13.5. The molecule has 0 radical (unpaired) electrons. The van der Waals surface area contributed by atoms with Gasteiger partial charge in [0.05, 0.1) is 17.0 Å². The lowest BCUT2D eigenvalue weighted by atomic mass is 10.1. The minimum atomic E-state index is -0.250. The number of nitrogens with one attached hydrogen (secondary N) is 1. The number of oxazole rings is 1. The molecule has 3 rings (SSSR count). The van der Waals surface area contributed by atoms with E-state index in [0.717, 1.165) is 4.88 Å². The fourth-order valence-corrected chi connectivity index (χ4v) is 3.00. The minimum absolute atomic E-state index is 0.151. The van der Waals surface area contributed by atoms with E-state index in [1.165, 1.54) is 17.4 Å². The third-order valence-electron chi connectivity index (χ3n) is 3.63. The second-order valence-electron chi connectivity index (χ2n) is 5.37. The Bertz CT molecular complexity index is 827. The maximum absolute atomic E-state index is 13.5.